The predicted molar refractivity (Wildman–Crippen MR) is 71.5 cm³/mol. The second-order valence-electron chi connectivity index (χ2n) is 4.34. The molecule has 0 aliphatic rings. The number of anilines is 1. The Balaban J connectivity index is 2.25. The van der Waals surface area contributed by atoms with Crippen molar-refractivity contribution in [1.29, 1.82) is 0 Å². The smallest absolute Gasteiger partial charge is 0.153 e. The maximum absolute atomic E-state index is 13.9. The molecule has 0 saturated carbocycles. The van der Waals surface area contributed by atoms with Crippen molar-refractivity contribution >= 4 is 5.82 Å². The summed E-state index contributed by atoms with van der Waals surface area (Å²) in [5.41, 5.74) is 6.29. The van der Waals surface area contributed by atoms with Gasteiger partial charge >= 0.3 is 0 Å². The molecule has 0 fully saturated rings. The largest absolute Gasteiger partial charge is 0.382 e. The van der Waals surface area contributed by atoms with Gasteiger partial charge in [0.15, 0.2) is 11.6 Å². The molecule has 0 spiro atoms. The summed E-state index contributed by atoms with van der Waals surface area (Å²) in [5, 5.41) is 6.35. The molecule has 106 valence electrons. The molecule has 2 aromatic heterocycles. The molecule has 0 aliphatic carbocycles. The van der Waals surface area contributed by atoms with Crippen molar-refractivity contribution in [2.24, 2.45) is 0 Å². The molecule has 0 saturated heterocycles. The number of nitrogens with zero attached hydrogens (tertiary/aromatic N) is 2. The van der Waals surface area contributed by atoms with Crippen LogP contribution < -0.4 is 5.73 Å². The fourth-order valence-corrected chi connectivity index (χ4v) is 2.09. The quantitative estimate of drug-likeness (QED) is 0.762. The molecule has 0 aliphatic heterocycles. The highest BCUT2D eigenvalue weighted by Crippen LogP contribution is 2.36. The number of H-pyrrole nitrogens is 1. The maximum Gasteiger partial charge on any atom is 0.153 e. The molecule has 3 aromatic rings. The van der Waals surface area contributed by atoms with Crippen molar-refractivity contribution < 1.29 is 13.2 Å². The lowest BCUT2D eigenvalue weighted by Crippen LogP contribution is -1.94. The van der Waals surface area contributed by atoms with E-state index in [1.807, 2.05) is 0 Å². The van der Waals surface area contributed by atoms with E-state index in [4.69, 9.17) is 5.73 Å². The first-order chi connectivity index (χ1) is 10.1. The first-order valence-electron chi connectivity index (χ1n) is 5.97. The molecular formula is C14H9F3N4. The third-order valence-corrected chi connectivity index (χ3v) is 3.04. The van der Waals surface area contributed by atoms with E-state index in [-0.39, 0.29) is 28.2 Å². The van der Waals surface area contributed by atoms with Gasteiger partial charge in [0.05, 0.1) is 17.5 Å². The monoisotopic (exact) mass is 290 g/mol. The predicted octanol–water partition coefficient (Wildman–Crippen LogP) is 3.14. The lowest BCUT2D eigenvalue weighted by atomic mass is 10.0. The summed E-state index contributed by atoms with van der Waals surface area (Å²) in [6, 6.07) is 4.47. The summed E-state index contributed by atoms with van der Waals surface area (Å²) in [6.45, 7) is 0. The van der Waals surface area contributed by atoms with E-state index in [9.17, 15) is 13.2 Å². The molecule has 7 heteroatoms. The molecule has 21 heavy (non-hydrogen) atoms. The number of pyridine rings is 1. The summed E-state index contributed by atoms with van der Waals surface area (Å²) < 4.78 is 40.8. The Hall–Kier alpha value is -2.83. The molecule has 0 bridgehead atoms. The van der Waals surface area contributed by atoms with Crippen LogP contribution >= 0.6 is 0 Å². The lowest BCUT2D eigenvalue weighted by Gasteiger charge is -2.06. The number of nitrogens with one attached hydrogen (secondary N) is 1. The number of benzene rings is 1. The first-order valence-corrected chi connectivity index (χ1v) is 5.97. The van der Waals surface area contributed by atoms with Crippen LogP contribution in [0.3, 0.4) is 0 Å². The van der Waals surface area contributed by atoms with E-state index >= 15 is 0 Å². The van der Waals surface area contributed by atoms with Crippen molar-refractivity contribution in [2.75, 3.05) is 5.73 Å². The standard InChI is InChI=1S/C14H9F3N4/c15-7-1-2-8(10(16)5-7)12-13(20-21-14(12)18)9-3-4-19-6-11(9)17/h1-6H,(H3,18,20,21). The van der Waals surface area contributed by atoms with Crippen molar-refractivity contribution in [3.8, 4) is 22.4 Å². The summed E-state index contributed by atoms with van der Waals surface area (Å²) in [7, 11) is 0. The summed E-state index contributed by atoms with van der Waals surface area (Å²) >= 11 is 0. The van der Waals surface area contributed by atoms with Gasteiger partial charge < -0.3 is 5.73 Å². The molecule has 4 nitrogen and oxygen atoms in total. The van der Waals surface area contributed by atoms with E-state index in [1.165, 1.54) is 18.3 Å². The van der Waals surface area contributed by atoms with Crippen LogP contribution in [-0.2, 0) is 0 Å². The number of nitrogens with two attached hydrogens (primary N) is 1. The second-order valence-corrected chi connectivity index (χ2v) is 4.34. The maximum atomic E-state index is 13.9. The van der Waals surface area contributed by atoms with Crippen LogP contribution in [-0.4, -0.2) is 15.2 Å². The highest BCUT2D eigenvalue weighted by molar-refractivity contribution is 5.88. The number of hydrogen-bond acceptors (Lipinski definition) is 3. The van der Waals surface area contributed by atoms with E-state index in [0.717, 1.165) is 18.3 Å². The SMILES string of the molecule is Nc1n[nH]c(-c2ccncc2F)c1-c1ccc(F)cc1F. The van der Waals surface area contributed by atoms with Crippen LogP contribution in [0.4, 0.5) is 19.0 Å². The third kappa shape index (κ3) is 2.22. The third-order valence-electron chi connectivity index (χ3n) is 3.04. The number of nitrogen functional groups attached to an aromatic ring is 1. The van der Waals surface area contributed by atoms with Crippen molar-refractivity contribution in [2.45, 2.75) is 0 Å². The van der Waals surface area contributed by atoms with Gasteiger partial charge in [-0.25, -0.2) is 13.2 Å². The molecular weight excluding hydrogens is 281 g/mol. The Kier molecular flexibility index (Phi) is 3.09. The van der Waals surface area contributed by atoms with E-state index in [2.05, 4.69) is 15.2 Å². The molecule has 2 heterocycles. The van der Waals surface area contributed by atoms with Crippen molar-refractivity contribution in [3.63, 3.8) is 0 Å². The molecule has 0 radical (unpaired) electrons. The van der Waals surface area contributed by atoms with Crippen LogP contribution in [0.15, 0.2) is 36.7 Å². The Morgan fingerprint density at radius 3 is 2.52 bits per heavy atom. The van der Waals surface area contributed by atoms with Crippen LogP contribution in [0.2, 0.25) is 0 Å². The number of aromatic amines is 1. The second kappa shape index (κ2) is 4.93. The molecule has 0 amide bonds. The fourth-order valence-electron chi connectivity index (χ4n) is 2.09. The zero-order valence-electron chi connectivity index (χ0n) is 10.6. The summed E-state index contributed by atoms with van der Waals surface area (Å²) in [4.78, 5) is 3.64. The minimum Gasteiger partial charge on any atom is -0.382 e. The fraction of sp³-hybridized carbons (Fsp3) is 0. The average molecular weight is 290 g/mol. The van der Waals surface area contributed by atoms with Crippen LogP contribution in [0.1, 0.15) is 0 Å². The molecule has 1 aromatic carbocycles. The Morgan fingerprint density at radius 1 is 1.00 bits per heavy atom. The van der Waals surface area contributed by atoms with Gasteiger partial charge in [-0.05, 0) is 18.2 Å². The number of rotatable bonds is 2. The molecule has 3 N–H and O–H groups in total. The number of halogens is 3. The van der Waals surface area contributed by atoms with Crippen LogP contribution in [0, 0.1) is 17.5 Å². The van der Waals surface area contributed by atoms with E-state index in [1.54, 1.807) is 0 Å². The van der Waals surface area contributed by atoms with Crippen molar-refractivity contribution in [3.05, 3.63) is 54.1 Å². The number of hydrogen-bond donors (Lipinski definition) is 2. The van der Waals surface area contributed by atoms with Crippen LogP contribution in [0.5, 0.6) is 0 Å². The highest BCUT2D eigenvalue weighted by Gasteiger charge is 2.20. The van der Waals surface area contributed by atoms with Gasteiger partial charge in [-0.2, -0.15) is 5.10 Å². The highest BCUT2D eigenvalue weighted by atomic mass is 19.1. The van der Waals surface area contributed by atoms with Gasteiger partial charge in [0.2, 0.25) is 0 Å². The van der Waals surface area contributed by atoms with E-state index < -0.39 is 17.5 Å². The van der Waals surface area contributed by atoms with Gasteiger partial charge in [-0.1, -0.05) is 0 Å². The summed E-state index contributed by atoms with van der Waals surface area (Å²) in [5.74, 6) is -2.13. The Labute approximate surface area is 117 Å². The average Bonchev–Trinajstić information content (AvgIpc) is 2.81. The minimum absolute atomic E-state index is 0.00767. The van der Waals surface area contributed by atoms with Gasteiger partial charge in [0, 0.05) is 23.4 Å². The summed E-state index contributed by atoms with van der Waals surface area (Å²) in [6.07, 6.45) is 2.41. The molecule has 3 rings (SSSR count). The van der Waals surface area contributed by atoms with Gasteiger partial charge in [-0.15, -0.1) is 0 Å². The van der Waals surface area contributed by atoms with Gasteiger partial charge in [0.25, 0.3) is 0 Å². The lowest BCUT2D eigenvalue weighted by molar-refractivity contribution is 0.585. The molecule has 0 unspecified atom stereocenters. The van der Waals surface area contributed by atoms with Crippen LogP contribution in [0.25, 0.3) is 22.4 Å². The topological polar surface area (TPSA) is 67.6 Å². The van der Waals surface area contributed by atoms with E-state index in [0.29, 0.717) is 0 Å². The van der Waals surface area contributed by atoms with Crippen molar-refractivity contribution in [1.82, 2.24) is 15.2 Å². The zero-order valence-corrected chi connectivity index (χ0v) is 10.6. The zero-order chi connectivity index (χ0) is 15.0. The molecule has 0 atom stereocenters. The Morgan fingerprint density at radius 2 is 1.81 bits per heavy atom. The van der Waals surface area contributed by atoms with Gasteiger partial charge in [0.1, 0.15) is 11.6 Å². The minimum atomic E-state index is -0.807. The van der Waals surface area contributed by atoms with Gasteiger partial charge in [-0.3, -0.25) is 10.1 Å². The number of aromatic nitrogens is 3. The first kappa shape index (κ1) is 13.2. The Bertz CT molecular complexity index is 814. The normalized spacial score (nSPS) is 10.8.